The molecule has 0 heterocycles. The van der Waals surface area contributed by atoms with Gasteiger partial charge in [-0.25, -0.2) is 8.42 Å². The molecule has 0 atom stereocenters. The highest BCUT2D eigenvalue weighted by Crippen LogP contribution is 2.38. The van der Waals surface area contributed by atoms with Gasteiger partial charge in [0.1, 0.15) is 4.90 Å². The predicted molar refractivity (Wildman–Crippen MR) is 153 cm³/mol. The molecule has 1 N–H and O–H groups in total. The van der Waals surface area contributed by atoms with Crippen LogP contribution in [-0.4, -0.2) is 30.9 Å². The smallest absolute Gasteiger partial charge is 0.246 e. The van der Waals surface area contributed by atoms with Crippen molar-refractivity contribution < 1.29 is 13.5 Å². The number of aromatic hydroxyl groups is 1. The van der Waals surface area contributed by atoms with Gasteiger partial charge in [0.25, 0.3) is 0 Å². The molecule has 36 heavy (non-hydrogen) atoms. The first-order chi connectivity index (χ1) is 16.8. The van der Waals surface area contributed by atoms with Gasteiger partial charge in [-0.2, -0.15) is 4.31 Å². The van der Waals surface area contributed by atoms with Crippen LogP contribution in [-0.2, 0) is 16.4 Å². The van der Waals surface area contributed by atoms with Crippen LogP contribution in [0.3, 0.4) is 0 Å². The molecule has 2 aromatic carbocycles. The molecule has 0 saturated carbocycles. The molecule has 0 spiro atoms. The van der Waals surface area contributed by atoms with E-state index in [1.54, 1.807) is 12.1 Å². The molecule has 2 rings (SSSR count). The molecule has 0 radical (unpaired) electrons. The summed E-state index contributed by atoms with van der Waals surface area (Å²) >= 11 is 6.44. The zero-order chi connectivity index (χ0) is 27.2. The van der Waals surface area contributed by atoms with Crippen LogP contribution in [0, 0.1) is 0 Å². The second kappa shape index (κ2) is 13.3. The fourth-order valence-electron chi connectivity index (χ4n) is 4.60. The van der Waals surface area contributed by atoms with E-state index in [0.717, 1.165) is 31.2 Å². The lowest BCUT2D eigenvalue weighted by atomic mass is 9.82. The van der Waals surface area contributed by atoms with Gasteiger partial charge in [-0.3, -0.25) is 0 Å². The average molecular weight is 536 g/mol. The van der Waals surface area contributed by atoms with Gasteiger partial charge in [0.05, 0.1) is 5.02 Å². The minimum absolute atomic E-state index is 0.0769. The Morgan fingerprint density at radius 3 is 1.75 bits per heavy atom. The summed E-state index contributed by atoms with van der Waals surface area (Å²) in [5.41, 5.74) is 5.91. The Morgan fingerprint density at radius 1 is 0.833 bits per heavy atom. The average Bonchev–Trinajstić information content (AvgIpc) is 2.80. The third-order valence-corrected chi connectivity index (χ3v) is 9.06. The summed E-state index contributed by atoms with van der Waals surface area (Å²) in [4.78, 5) is -0.0896. The van der Waals surface area contributed by atoms with Crippen LogP contribution >= 0.6 is 11.6 Å². The zero-order valence-corrected chi connectivity index (χ0v) is 25.1. The topological polar surface area (TPSA) is 57.6 Å². The van der Waals surface area contributed by atoms with Crippen molar-refractivity contribution in [1.82, 2.24) is 4.31 Å². The number of sulfonamides is 1. The summed E-state index contributed by atoms with van der Waals surface area (Å²) < 4.78 is 28.9. The third kappa shape index (κ3) is 7.26. The van der Waals surface area contributed by atoms with E-state index in [4.69, 9.17) is 11.6 Å². The molecular formula is C30H46ClNO3S. The maximum atomic E-state index is 13.7. The first kappa shape index (κ1) is 30.7. The molecule has 0 aliphatic carbocycles. The second-order valence-electron chi connectivity index (χ2n) is 10.9. The molecule has 0 aliphatic rings. The Labute approximate surface area is 225 Å². The first-order valence-electron chi connectivity index (χ1n) is 13.5. The van der Waals surface area contributed by atoms with Gasteiger partial charge in [0.2, 0.25) is 10.0 Å². The maximum absolute atomic E-state index is 13.7. The fourth-order valence-corrected chi connectivity index (χ4v) is 6.57. The van der Waals surface area contributed by atoms with E-state index in [1.165, 1.54) is 26.6 Å². The molecule has 4 nitrogen and oxygen atoms in total. The van der Waals surface area contributed by atoms with Gasteiger partial charge >= 0.3 is 0 Å². The summed E-state index contributed by atoms with van der Waals surface area (Å²) in [5.74, 6) is 0.712. The van der Waals surface area contributed by atoms with E-state index < -0.39 is 10.0 Å². The number of phenolic OH excluding ortho intramolecular Hbond substituents is 1. The number of nitrogens with zero attached hydrogens (tertiary/aromatic N) is 1. The fraction of sp³-hybridized carbons (Fsp3) is 0.600. The monoisotopic (exact) mass is 535 g/mol. The van der Waals surface area contributed by atoms with Crippen LogP contribution in [0.25, 0.3) is 0 Å². The van der Waals surface area contributed by atoms with Gasteiger partial charge in [-0.05, 0) is 77.0 Å². The molecule has 0 saturated heterocycles. The summed E-state index contributed by atoms with van der Waals surface area (Å²) in [7, 11) is -3.89. The highest BCUT2D eigenvalue weighted by Gasteiger charge is 2.29. The van der Waals surface area contributed by atoms with Crippen molar-refractivity contribution in [2.75, 3.05) is 13.1 Å². The summed E-state index contributed by atoms with van der Waals surface area (Å²) in [6, 6.07) is 7.94. The molecule has 0 aromatic heterocycles. The Balaban J connectivity index is 2.65. The standard InChI is InChI=1S/C30H46ClNO3S/c1-9-11-13-32(14-12-10-2)36(34,35)29-17-23(16-28(31)30(29)33)15-27-25(21(5)6)18-24(20(3)4)19-26(27)22(7)8/h16-22,33H,9-15H2,1-8H3. The van der Waals surface area contributed by atoms with Crippen molar-refractivity contribution in [2.45, 2.75) is 110 Å². The molecule has 2 aromatic rings. The van der Waals surface area contributed by atoms with Crippen LogP contribution in [0.1, 0.15) is 127 Å². The van der Waals surface area contributed by atoms with Crippen LogP contribution < -0.4 is 0 Å². The van der Waals surface area contributed by atoms with Gasteiger partial charge in [-0.15, -0.1) is 0 Å². The Hall–Kier alpha value is -1.56. The van der Waals surface area contributed by atoms with Crippen LogP contribution in [0.15, 0.2) is 29.2 Å². The quantitative estimate of drug-likeness (QED) is 0.279. The normalized spacial score (nSPS) is 12.5. The number of halogens is 1. The van der Waals surface area contributed by atoms with Crippen LogP contribution in [0.2, 0.25) is 5.02 Å². The Kier molecular flexibility index (Phi) is 11.3. The van der Waals surface area contributed by atoms with Gasteiger partial charge in [0.15, 0.2) is 5.75 Å². The van der Waals surface area contributed by atoms with Crippen molar-refractivity contribution >= 4 is 21.6 Å². The molecule has 0 aliphatic heterocycles. The lowest BCUT2D eigenvalue weighted by molar-refractivity contribution is 0.390. The maximum Gasteiger partial charge on any atom is 0.246 e. The molecule has 0 bridgehead atoms. The molecule has 0 unspecified atom stereocenters. The summed E-state index contributed by atoms with van der Waals surface area (Å²) in [6.07, 6.45) is 3.90. The molecule has 0 amide bonds. The lowest BCUT2D eigenvalue weighted by Crippen LogP contribution is -2.33. The minimum atomic E-state index is -3.89. The molecular weight excluding hydrogens is 490 g/mol. The number of hydrogen-bond acceptors (Lipinski definition) is 3. The van der Waals surface area contributed by atoms with Gasteiger partial charge < -0.3 is 5.11 Å². The van der Waals surface area contributed by atoms with E-state index >= 15 is 0 Å². The highest BCUT2D eigenvalue weighted by atomic mass is 35.5. The lowest BCUT2D eigenvalue weighted by Gasteiger charge is -2.25. The third-order valence-electron chi connectivity index (χ3n) is 6.86. The van der Waals surface area contributed by atoms with E-state index in [1.807, 2.05) is 13.8 Å². The summed E-state index contributed by atoms with van der Waals surface area (Å²) in [6.45, 7) is 18.2. The highest BCUT2D eigenvalue weighted by molar-refractivity contribution is 7.89. The minimum Gasteiger partial charge on any atom is -0.505 e. The van der Waals surface area contributed by atoms with E-state index in [-0.39, 0.29) is 15.7 Å². The molecule has 6 heteroatoms. The first-order valence-corrected chi connectivity index (χ1v) is 15.3. The second-order valence-corrected chi connectivity index (χ2v) is 13.2. The zero-order valence-electron chi connectivity index (χ0n) is 23.5. The van der Waals surface area contributed by atoms with Crippen molar-refractivity contribution in [1.29, 1.82) is 0 Å². The molecule has 202 valence electrons. The van der Waals surface area contributed by atoms with E-state index in [9.17, 15) is 13.5 Å². The van der Waals surface area contributed by atoms with E-state index in [0.29, 0.717) is 37.3 Å². The van der Waals surface area contributed by atoms with Crippen LogP contribution in [0.4, 0.5) is 0 Å². The van der Waals surface area contributed by atoms with E-state index in [2.05, 4.69) is 53.7 Å². The number of rotatable bonds is 13. The largest absolute Gasteiger partial charge is 0.505 e. The number of benzene rings is 2. The SMILES string of the molecule is CCCCN(CCCC)S(=O)(=O)c1cc(Cc2c(C(C)C)cc(C(C)C)cc2C(C)C)cc(Cl)c1O. The van der Waals surface area contributed by atoms with Crippen LogP contribution in [0.5, 0.6) is 5.75 Å². The number of unbranched alkanes of at least 4 members (excludes halogenated alkanes) is 2. The number of hydrogen-bond donors (Lipinski definition) is 1. The Bertz CT molecular complexity index is 1090. The predicted octanol–water partition coefficient (Wildman–Crippen LogP) is 8.60. The summed E-state index contributed by atoms with van der Waals surface area (Å²) in [5, 5.41) is 10.8. The van der Waals surface area contributed by atoms with Crippen molar-refractivity contribution in [3.63, 3.8) is 0 Å². The Morgan fingerprint density at radius 2 is 1.33 bits per heavy atom. The van der Waals surface area contributed by atoms with Crippen molar-refractivity contribution in [3.8, 4) is 5.75 Å². The van der Waals surface area contributed by atoms with Crippen molar-refractivity contribution in [3.05, 3.63) is 57.1 Å². The van der Waals surface area contributed by atoms with Gasteiger partial charge in [0, 0.05) is 13.1 Å². The number of phenols is 1. The molecule has 0 fully saturated rings. The van der Waals surface area contributed by atoms with Gasteiger partial charge in [-0.1, -0.05) is 92.0 Å². The van der Waals surface area contributed by atoms with Crippen molar-refractivity contribution in [2.24, 2.45) is 0 Å².